The fourth-order valence-corrected chi connectivity index (χ4v) is 4.74. The van der Waals surface area contributed by atoms with Crippen LogP contribution >= 0.6 is 0 Å². The molecular weight excluding hydrogens is 382 g/mol. The van der Waals surface area contributed by atoms with E-state index in [1.54, 1.807) is 19.9 Å². The molecule has 0 radical (unpaired) electrons. The fourth-order valence-electron chi connectivity index (χ4n) is 4.74. The largest absolute Gasteiger partial charge is 0.493 e. The number of carbonyl (C=O) groups excluding carboxylic acids is 2. The van der Waals surface area contributed by atoms with Crippen LogP contribution in [-0.4, -0.2) is 59.6 Å². The normalized spacial score (nSPS) is 22.3. The van der Waals surface area contributed by atoms with Gasteiger partial charge in [0.15, 0.2) is 5.69 Å². The molecule has 2 aromatic rings. The van der Waals surface area contributed by atoms with Crippen LogP contribution in [0.25, 0.3) is 0 Å². The molecule has 1 aromatic heterocycles. The van der Waals surface area contributed by atoms with Gasteiger partial charge in [-0.1, -0.05) is 23.4 Å². The van der Waals surface area contributed by atoms with E-state index in [2.05, 4.69) is 5.16 Å². The maximum Gasteiger partial charge on any atom is 0.276 e. The zero-order valence-corrected chi connectivity index (χ0v) is 17.6. The monoisotopic (exact) mass is 411 g/mol. The van der Waals surface area contributed by atoms with E-state index in [1.807, 2.05) is 40.1 Å². The predicted octanol–water partition coefficient (Wildman–Crippen LogP) is 3.01. The second-order valence-corrected chi connectivity index (χ2v) is 8.42. The van der Waals surface area contributed by atoms with E-state index in [4.69, 9.17) is 9.26 Å². The number of hydrogen-bond acceptors (Lipinski definition) is 5. The van der Waals surface area contributed by atoms with Crippen molar-refractivity contribution in [2.24, 2.45) is 17.8 Å². The number of piperidine rings is 1. The highest BCUT2D eigenvalue weighted by Crippen LogP contribution is 2.36. The summed E-state index contributed by atoms with van der Waals surface area (Å²) in [6.07, 6.45) is 1.86. The highest BCUT2D eigenvalue weighted by Gasteiger charge is 2.40. The van der Waals surface area contributed by atoms with Gasteiger partial charge in [-0.15, -0.1) is 0 Å². The highest BCUT2D eigenvalue weighted by atomic mass is 16.5. The van der Waals surface area contributed by atoms with Gasteiger partial charge in [0, 0.05) is 45.1 Å². The Morgan fingerprint density at radius 3 is 2.50 bits per heavy atom. The Hall–Kier alpha value is -2.83. The number of ether oxygens (including phenoxy) is 1. The average Bonchev–Trinajstić information content (AvgIpc) is 3.39. The van der Waals surface area contributed by atoms with Gasteiger partial charge in [0.05, 0.1) is 6.61 Å². The molecule has 0 bridgehead atoms. The van der Waals surface area contributed by atoms with Crippen molar-refractivity contribution >= 4 is 11.8 Å². The van der Waals surface area contributed by atoms with Crippen molar-refractivity contribution in [3.63, 3.8) is 0 Å². The molecule has 1 aromatic carbocycles. The minimum atomic E-state index is -0.0638. The van der Waals surface area contributed by atoms with Crippen molar-refractivity contribution in [2.75, 3.05) is 32.8 Å². The highest BCUT2D eigenvalue weighted by molar-refractivity contribution is 5.92. The summed E-state index contributed by atoms with van der Waals surface area (Å²) in [7, 11) is 0. The summed E-state index contributed by atoms with van der Waals surface area (Å²) in [6.45, 7) is 6.96. The van der Waals surface area contributed by atoms with E-state index in [9.17, 15) is 9.59 Å². The zero-order chi connectivity index (χ0) is 21.1. The summed E-state index contributed by atoms with van der Waals surface area (Å²) in [5.74, 6) is 2.73. The molecule has 7 heteroatoms. The van der Waals surface area contributed by atoms with Crippen LogP contribution in [0.4, 0.5) is 0 Å². The molecule has 0 saturated carbocycles. The lowest BCUT2D eigenvalue weighted by Gasteiger charge is -2.36. The topological polar surface area (TPSA) is 75.9 Å². The standard InChI is InChI=1S/C23H29N3O4/c1-16-12-22(24-30-16)23(28)25-10-8-18(9-11-25)21-14-26(17(2)27)13-19(21)15-29-20-6-4-3-5-7-20/h3-7,12,18-19,21H,8-11,13-15H2,1-2H3/t19-,21-/m0/s1. The number of rotatable bonds is 5. The summed E-state index contributed by atoms with van der Waals surface area (Å²) in [5.41, 5.74) is 0.378. The van der Waals surface area contributed by atoms with Gasteiger partial charge in [-0.2, -0.15) is 0 Å². The Labute approximate surface area is 177 Å². The van der Waals surface area contributed by atoms with Crippen LogP contribution in [0.3, 0.4) is 0 Å². The molecule has 2 amide bonds. The van der Waals surface area contributed by atoms with Crippen LogP contribution in [0.5, 0.6) is 5.75 Å². The smallest absolute Gasteiger partial charge is 0.276 e. The van der Waals surface area contributed by atoms with Gasteiger partial charge in [-0.25, -0.2) is 0 Å². The van der Waals surface area contributed by atoms with Gasteiger partial charge >= 0.3 is 0 Å². The minimum Gasteiger partial charge on any atom is -0.493 e. The Morgan fingerprint density at radius 2 is 1.87 bits per heavy atom. The maximum atomic E-state index is 12.6. The van der Waals surface area contributed by atoms with Crippen LogP contribution in [-0.2, 0) is 4.79 Å². The Bertz CT molecular complexity index is 874. The third kappa shape index (κ3) is 4.50. The summed E-state index contributed by atoms with van der Waals surface area (Å²) in [5, 5.41) is 3.86. The number of aryl methyl sites for hydroxylation is 1. The molecule has 7 nitrogen and oxygen atoms in total. The lowest BCUT2D eigenvalue weighted by atomic mass is 9.78. The number of benzene rings is 1. The van der Waals surface area contributed by atoms with Crippen LogP contribution in [0.2, 0.25) is 0 Å². The van der Waals surface area contributed by atoms with E-state index in [-0.39, 0.29) is 11.8 Å². The van der Waals surface area contributed by atoms with E-state index in [1.165, 1.54) is 0 Å². The quantitative estimate of drug-likeness (QED) is 0.756. The maximum absolute atomic E-state index is 12.6. The van der Waals surface area contributed by atoms with Crippen LogP contribution in [0.15, 0.2) is 40.9 Å². The molecule has 2 aliphatic heterocycles. The molecule has 2 fully saturated rings. The van der Waals surface area contributed by atoms with Gasteiger partial charge in [0.25, 0.3) is 5.91 Å². The van der Waals surface area contributed by atoms with Gasteiger partial charge < -0.3 is 19.1 Å². The number of amides is 2. The van der Waals surface area contributed by atoms with E-state index >= 15 is 0 Å². The first kappa shape index (κ1) is 20.4. The third-order valence-electron chi connectivity index (χ3n) is 6.42. The number of para-hydroxylation sites is 1. The van der Waals surface area contributed by atoms with Crippen molar-refractivity contribution in [3.8, 4) is 5.75 Å². The lowest BCUT2D eigenvalue weighted by Crippen LogP contribution is -2.42. The van der Waals surface area contributed by atoms with Crippen molar-refractivity contribution in [1.29, 1.82) is 0 Å². The van der Waals surface area contributed by atoms with Crippen molar-refractivity contribution in [1.82, 2.24) is 15.0 Å². The SMILES string of the molecule is CC(=O)N1C[C@@H](COc2ccccc2)[C@H](C2CCN(C(=O)c3cc(C)on3)CC2)C1. The van der Waals surface area contributed by atoms with E-state index < -0.39 is 0 Å². The Morgan fingerprint density at radius 1 is 1.13 bits per heavy atom. The van der Waals surface area contributed by atoms with Crippen LogP contribution in [0, 0.1) is 24.7 Å². The zero-order valence-electron chi connectivity index (χ0n) is 17.6. The number of hydrogen-bond donors (Lipinski definition) is 0. The first-order chi connectivity index (χ1) is 14.5. The molecular formula is C23H29N3O4. The molecule has 0 unspecified atom stereocenters. The molecule has 2 aliphatic rings. The summed E-state index contributed by atoms with van der Waals surface area (Å²) in [4.78, 5) is 28.5. The van der Waals surface area contributed by atoms with Crippen molar-refractivity contribution < 1.29 is 18.8 Å². The fraction of sp³-hybridized carbons (Fsp3) is 0.522. The molecule has 2 saturated heterocycles. The number of likely N-dealkylation sites (tertiary alicyclic amines) is 2. The predicted molar refractivity (Wildman–Crippen MR) is 111 cm³/mol. The molecule has 2 atom stereocenters. The molecule has 0 aliphatic carbocycles. The lowest BCUT2D eigenvalue weighted by molar-refractivity contribution is -0.128. The van der Waals surface area contributed by atoms with E-state index in [0.29, 0.717) is 48.9 Å². The van der Waals surface area contributed by atoms with Crippen molar-refractivity contribution in [3.05, 3.63) is 47.9 Å². The second-order valence-electron chi connectivity index (χ2n) is 8.42. The molecule has 30 heavy (non-hydrogen) atoms. The minimum absolute atomic E-state index is 0.0638. The number of aromatic nitrogens is 1. The molecule has 4 rings (SSSR count). The van der Waals surface area contributed by atoms with Gasteiger partial charge in [-0.05, 0) is 43.7 Å². The number of nitrogens with zero attached hydrogens (tertiary/aromatic N) is 3. The van der Waals surface area contributed by atoms with E-state index in [0.717, 1.165) is 31.7 Å². The molecule has 0 N–H and O–H groups in total. The summed E-state index contributed by atoms with van der Waals surface area (Å²) >= 11 is 0. The van der Waals surface area contributed by atoms with Crippen molar-refractivity contribution in [2.45, 2.75) is 26.7 Å². The van der Waals surface area contributed by atoms with Gasteiger partial charge in [0.1, 0.15) is 11.5 Å². The first-order valence-electron chi connectivity index (χ1n) is 10.7. The first-order valence-corrected chi connectivity index (χ1v) is 10.7. The number of carbonyl (C=O) groups is 2. The average molecular weight is 412 g/mol. The molecule has 160 valence electrons. The van der Waals surface area contributed by atoms with Crippen LogP contribution in [0.1, 0.15) is 36.0 Å². The Balaban J connectivity index is 1.37. The van der Waals surface area contributed by atoms with Crippen LogP contribution < -0.4 is 4.74 Å². The summed E-state index contributed by atoms with van der Waals surface area (Å²) < 4.78 is 11.1. The molecule has 0 spiro atoms. The third-order valence-corrected chi connectivity index (χ3v) is 6.42. The second kappa shape index (κ2) is 8.90. The van der Waals surface area contributed by atoms with Gasteiger partial charge in [0.2, 0.25) is 5.91 Å². The summed E-state index contributed by atoms with van der Waals surface area (Å²) in [6, 6.07) is 11.5. The molecule has 3 heterocycles. The Kier molecular flexibility index (Phi) is 6.06. The van der Waals surface area contributed by atoms with Gasteiger partial charge in [-0.3, -0.25) is 9.59 Å².